The minimum Gasteiger partial charge on any atom is -0.342 e. The van der Waals surface area contributed by atoms with E-state index in [-0.39, 0.29) is 18.2 Å². The van der Waals surface area contributed by atoms with Crippen molar-refractivity contribution >= 4 is 5.91 Å². The van der Waals surface area contributed by atoms with E-state index in [1.165, 1.54) is 0 Å². The molecule has 0 aromatic carbocycles. The van der Waals surface area contributed by atoms with Gasteiger partial charge in [0.15, 0.2) is 0 Å². The van der Waals surface area contributed by atoms with Crippen molar-refractivity contribution < 1.29 is 18.0 Å². The molecule has 5 nitrogen and oxygen atoms in total. The number of carbonyl (C=O) groups is 1. The number of alkyl halides is 3. The van der Waals surface area contributed by atoms with Gasteiger partial charge in [0.1, 0.15) is 11.5 Å². The number of aryl methyl sites for hydroxylation is 1. The molecule has 0 saturated carbocycles. The molecular weight excluding hydrogens is 333 g/mol. The fraction of sp³-hybridized carbons (Fsp3) is 0.471. The molecule has 0 unspecified atom stereocenters. The van der Waals surface area contributed by atoms with Crippen LogP contribution in [-0.4, -0.2) is 38.8 Å². The molecule has 1 saturated heterocycles. The first-order valence-electron chi connectivity index (χ1n) is 8.14. The summed E-state index contributed by atoms with van der Waals surface area (Å²) in [6.07, 6.45) is 1.47. The predicted molar refractivity (Wildman–Crippen MR) is 84.8 cm³/mol. The average molecular weight is 352 g/mol. The largest absolute Gasteiger partial charge is 0.432 e. The second kappa shape index (κ2) is 6.85. The zero-order valence-corrected chi connectivity index (χ0v) is 13.8. The summed E-state index contributed by atoms with van der Waals surface area (Å²) >= 11 is 0. The molecule has 1 N–H and O–H groups in total. The number of carbonyl (C=O) groups excluding carboxylic acids is 1. The minimum atomic E-state index is -4.44. The van der Waals surface area contributed by atoms with Crippen LogP contribution in [0, 0.1) is 6.92 Å². The summed E-state index contributed by atoms with van der Waals surface area (Å²) in [4.78, 5) is 24.5. The van der Waals surface area contributed by atoms with Crippen LogP contribution in [0.25, 0.3) is 0 Å². The van der Waals surface area contributed by atoms with Crippen LogP contribution < -0.4 is 0 Å². The van der Waals surface area contributed by atoms with Gasteiger partial charge in [-0.05, 0) is 37.0 Å². The van der Waals surface area contributed by atoms with Gasteiger partial charge >= 0.3 is 6.18 Å². The third-order valence-corrected chi connectivity index (χ3v) is 4.54. The van der Waals surface area contributed by atoms with E-state index in [1.807, 2.05) is 13.0 Å². The lowest BCUT2D eigenvalue weighted by Gasteiger charge is -2.32. The molecule has 134 valence electrons. The van der Waals surface area contributed by atoms with Crippen molar-refractivity contribution in [3.8, 4) is 0 Å². The number of amides is 1. The number of pyridine rings is 1. The first-order valence-corrected chi connectivity index (χ1v) is 8.14. The standard InChI is InChI=1S/C17H19F3N4O/c1-11-8-21-5-4-12(11)7-15(25)24-6-2-3-13(10-24)16-22-9-14(23-16)17(18,19)20/h4-5,8-9,13H,2-3,6-7,10H2,1H3,(H,22,23)/t13-/m0/s1. The zero-order chi connectivity index (χ0) is 18.0. The summed E-state index contributed by atoms with van der Waals surface area (Å²) in [5, 5.41) is 0. The first kappa shape index (κ1) is 17.4. The summed E-state index contributed by atoms with van der Waals surface area (Å²) in [5.74, 6) is 0.0684. The maximum atomic E-state index is 12.7. The van der Waals surface area contributed by atoms with E-state index in [0.29, 0.717) is 25.3 Å². The molecule has 25 heavy (non-hydrogen) atoms. The lowest BCUT2D eigenvalue weighted by atomic mass is 9.96. The maximum Gasteiger partial charge on any atom is 0.432 e. The molecule has 3 rings (SSSR count). The highest BCUT2D eigenvalue weighted by atomic mass is 19.4. The summed E-state index contributed by atoms with van der Waals surface area (Å²) in [5.41, 5.74) is 1.02. The highest BCUT2D eigenvalue weighted by Gasteiger charge is 2.34. The van der Waals surface area contributed by atoms with Crippen molar-refractivity contribution in [1.29, 1.82) is 0 Å². The van der Waals surface area contributed by atoms with Crippen LogP contribution in [0.15, 0.2) is 24.7 Å². The second-order valence-electron chi connectivity index (χ2n) is 6.34. The van der Waals surface area contributed by atoms with E-state index >= 15 is 0 Å². The Morgan fingerprint density at radius 2 is 2.20 bits per heavy atom. The van der Waals surface area contributed by atoms with Crippen LogP contribution in [0.5, 0.6) is 0 Å². The van der Waals surface area contributed by atoms with Gasteiger partial charge in [0.25, 0.3) is 0 Å². The molecule has 0 spiro atoms. The lowest BCUT2D eigenvalue weighted by Crippen LogP contribution is -2.40. The molecule has 2 aromatic rings. The smallest absolute Gasteiger partial charge is 0.342 e. The number of likely N-dealkylation sites (tertiary alicyclic amines) is 1. The van der Waals surface area contributed by atoms with Gasteiger partial charge in [0, 0.05) is 31.4 Å². The highest BCUT2D eigenvalue weighted by molar-refractivity contribution is 5.79. The molecular formula is C17H19F3N4O. The second-order valence-corrected chi connectivity index (χ2v) is 6.34. The predicted octanol–water partition coefficient (Wildman–Crippen LogP) is 3.08. The fourth-order valence-corrected chi connectivity index (χ4v) is 3.09. The van der Waals surface area contributed by atoms with Crippen LogP contribution in [0.4, 0.5) is 13.2 Å². The van der Waals surface area contributed by atoms with E-state index in [9.17, 15) is 18.0 Å². The average Bonchev–Trinajstić information content (AvgIpc) is 3.07. The molecule has 1 aliphatic heterocycles. The topological polar surface area (TPSA) is 61.9 Å². The maximum absolute atomic E-state index is 12.7. The van der Waals surface area contributed by atoms with Crippen molar-refractivity contribution in [2.24, 2.45) is 0 Å². The first-order chi connectivity index (χ1) is 11.8. The number of imidazole rings is 1. The van der Waals surface area contributed by atoms with Crippen LogP contribution in [0.2, 0.25) is 0 Å². The van der Waals surface area contributed by atoms with Crippen LogP contribution in [-0.2, 0) is 17.4 Å². The van der Waals surface area contributed by atoms with Gasteiger partial charge < -0.3 is 9.88 Å². The molecule has 0 radical (unpaired) electrons. The number of nitrogens with zero attached hydrogens (tertiary/aromatic N) is 3. The Bertz CT molecular complexity index is 756. The van der Waals surface area contributed by atoms with Crippen molar-refractivity contribution in [1.82, 2.24) is 19.9 Å². The normalized spacial score (nSPS) is 18.4. The highest BCUT2D eigenvalue weighted by Crippen LogP contribution is 2.31. The molecule has 1 amide bonds. The lowest BCUT2D eigenvalue weighted by molar-refractivity contribution is -0.141. The Balaban J connectivity index is 1.67. The number of piperidine rings is 1. The fourth-order valence-electron chi connectivity index (χ4n) is 3.09. The Morgan fingerprint density at radius 3 is 2.88 bits per heavy atom. The summed E-state index contributed by atoms with van der Waals surface area (Å²) in [6, 6.07) is 1.82. The van der Waals surface area contributed by atoms with Gasteiger partial charge in [-0.3, -0.25) is 9.78 Å². The monoisotopic (exact) mass is 352 g/mol. The van der Waals surface area contributed by atoms with Crippen molar-refractivity contribution in [3.63, 3.8) is 0 Å². The SMILES string of the molecule is Cc1cnccc1CC(=O)N1CCC[C@H](c2ncc(C(F)(F)F)[nH]2)C1. The van der Waals surface area contributed by atoms with Gasteiger partial charge in [-0.2, -0.15) is 13.2 Å². The summed E-state index contributed by atoms with van der Waals surface area (Å²) in [7, 11) is 0. The molecule has 8 heteroatoms. The molecule has 1 aliphatic rings. The number of hydrogen-bond donors (Lipinski definition) is 1. The Labute approximate surface area is 143 Å². The van der Waals surface area contributed by atoms with Crippen molar-refractivity contribution in [3.05, 3.63) is 47.3 Å². The third kappa shape index (κ3) is 4.00. The minimum absolute atomic E-state index is 0.0263. The summed E-state index contributed by atoms with van der Waals surface area (Å²) < 4.78 is 38.1. The number of aromatic nitrogens is 3. The number of H-pyrrole nitrogens is 1. The third-order valence-electron chi connectivity index (χ3n) is 4.54. The summed E-state index contributed by atoms with van der Waals surface area (Å²) in [6.45, 7) is 2.90. The molecule has 3 heterocycles. The Morgan fingerprint density at radius 1 is 1.40 bits per heavy atom. The number of hydrogen-bond acceptors (Lipinski definition) is 3. The van der Waals surface area contributed by atoms with Crippen molar-refractivity contribution in [2.45, 2.75) is 38.3 Å². The molecule has 0 aliphatic carbocycles. The Kier molecular flexibility index (Phi) is 4.78. The van der Waals surface area contributed by atoms with E-state index in [0.717, 1.165) is 23.7 Å². The zero-order valence-electron chi connectivity index (χ0n) is 13.8. The number of aromatic amines is 1. The van der Waals surface area contributed by atoms with Crippen LogP contribution >= 0.6 is 0 Å². The molecule has 1 fully saturated rings. The van der Waals surface area contributed by atoms with Crippen LogP contribution in [0.3, 0.4) is 0 Å². The van der Waals surface area contributed by atoms with E-state index in [2.05, 4.69) is 15.0 Å². The molecule has 2 aromatic heterocycles. The van der Waals surface area contributed by atoms with E-state index in [1.54, 1.807) is 17.3 Å². The number of rotatable bonds is 3. The Hall–Kier alpha value is -2.38. The number of halogens is 3. The van der Waals surface area contributed by atoms with E-state index < -0.39 is 11.9 Å². The molecule has 0 bridgehead atoms. The van der Waals surface area contributed by atoms with Crippen LogP contribution in [0.1, 0.15) is 41.4 Å². The van der Waals surface area contributed by atoms with Gasteiger partial charge in [0.2, 0.25) is 5.91 Å². The van der Waals surface area contributed by atoms with Gasteiger partial charge in [-0.1, -0.05) is 0 Å². The van der Waals surface area contributed by atoms with Gasteiger partial charge in [-0.15, -0.1) is 0 Å². The van der Waals surface area contributed by atoms with E-state index in [4.69, 9.17) is 0 Å². The quantitative estimate of drug-likeness (QED) is 0.923. The molecule has 1 atom stereocenters. The van der Waals surface area contributed by atoms with Crippen molar-refractivity contribution in [2.75, 3.05) is 13.1 Å². The number of nitrogens with one attached hydrogen (secondary N) is 1. The van der Waals surface area contributed by atoms with Gasteiger partial charge in [-0.25, -0.2) is 4.98 Å². The van der Waals surface area contributed by atoms with Gasteiger partial charge in [0.05, 0.1) is 12.6 Å².